The molecule has 1 atom stereocenters. The van der Waals surface area contributed by atoms with Crippen LogP contribution in [0.5, 0.6) is 0 Å². The molecule has 1 aromatic rings. The molecular formula is C12H15BrN2O4. The van der Waals surface area contributed by atoms with E-state index < -0.39 is 10.9 Å². The first-order valence-corrected chi connectivity index (χ1v) is 6.58. The SMILES string of the molecule is CCN(c1ccc(Br)cc1[N+](=O)[O-])C(C)CC(=O)O. The molecule has 7 heteroatoms. The normalized spacial score (nSPS) is 11.9. The van der Waals surface area contributed by atoms with Crippen molar-refractivity contribution in [1.82, 2.24) is 0 Å². The van der Waals surface area contributed by atoms with Crippen molar-refractivity contribution < 1.29 is 14.8 Å². The summed E-state index contributed by atoms with van der Waals surface area (Å²) in [7, 11) is 0. The van der Waals surface area contributed by atoms with Crippen LogP contribution >= 0.6 is 15.9 Å². The van der Waals surface area contributed by atoms with Crippen LogP contribution in [-0.4, -0.2) is 28.6 Å². The van der Waals surface area contributed by atoms with Crippen molar-refractivity contribution >= 4 is 33.3 Å². The Bertz CT molecular complexity index is 493. The van der Waals surface area contributed by atoms with Gasteiger partial charge in [-0.2, -0.15) is 0 Å². The summed E-state index contributed by atoms with van der Waals surface area (Å²) in [5, 5.41) is 19.9. The van der Waals surface area contributed by atoms with Crippen molar-refractivity contribution in [2.75, 3.05) is 11.4 Å². The summed E-state index contributed by atoms with van der Waals surface area (Å²) in [6, 6.07) is 4.44. The quantitative estimate of drug-likeness (QED) is 0.640. The number of hydrogen-bond acceptors (Lipinski definition) is 4. The minimum atomic E-state index is -0.925. The first-order chi connectivity index (χ1) is 8.86. The zero-order valence-electron chi connectivity index (χ0n) is 10.7. The molecule has 0 saturated carbocycles. The van der Waals surface area contributed by atoms with Crippen LogP contribution in [0, 0.1) is 10.1 Å². The number of anilines is 1. The lowest BCUT2D eigenvalue weighted by molar-refractivity contribution is -0.384. The van der Waals surface area contributed by atoms with Crippen LogP contribution < -0.4 is 4.90 Å². The molecule has 19 heavy (non-hydrogen) atoms. The largest absolute Gasteiger partial charge is 0.481 e. The number of carboxylic acid groups (broad SMARTS) is 1. The number of carboxylic acids is 1. The monoisotopic (exact) mass is 330 g/mol. The third kappa shape index (κ3) is 3.92. The molecule has 0 aromatic heterocycles. The molecule has 0 bridgehead atoms. The zero-order chi connectivity index (χ0) is 14.6. The molecule has 0 heterocycles. The molecule has 0 fully saturated rings. The third-order valence-electron chi connectivity index (χ3n) is 2.79. The molecule has 1 rings (SSSR count). The number of nitro groups is 1. The lowest BCUT2D eigenvalue weighted by Crippen LogP contribution is -2.35. The van der Waals surface area contributed by atoms with E-state index >= 15 is 0 Å². The van der Waals surface area contributed by atoms with Crippen LogP contribution in [0.4, 0.5) is 11.4 Å². The van der Waals surface area contributed by atoms with Gasteiger partial charge in [0.25, 0.3) is 5.69 Å². The van der Waals surface area contributed by atoms with E-state index in [-0.39, 0.29) is 18.2 Å². The Morgan fingerprint density at radius 3 is 2.68 bits per heavy atom. The van der Waals surface area contributed by atoms with E-state index in [1.807, 2.05) is 6.92 Å². The number of aliphatic carboxylic acids is 1. The molecule has 0 aliphatic carbocycles. The van der Waals surface area contributed by atoms with E-state index in [4.69, 9.17) is 5.11 Å². The molecule has 0 saturated heterocycles. The molecule has 1 unspecified atom stereocenters. The van der Waals surface area contributed by atoms with Gasteiger partial charge in [0, 0.05) is 23.1 Å². The van der Waals surface area contributed by atoms with E-state index in [9.17, 15) is 14.9 Å². The van der Waals surface area contributed by atoms with Crippen LogP contribution in [0.1, 0.15) is 20.3 Å². The van der Waals surface area contributed by atoms with Gasteiger partial charge in [-0.3, -0.25) is 14.9 Å². The number of hydrogen-bond donors (Lipinski definition) is 1. The standard InChI is InChI=1S/C12H15BrN2O4/c1-3-14(8(2)6-12(16)17)10-5-4-9(13)7-11(10)15(18)19/h4-5,7-8H,3,6H2,1-2H3,(H,16,17). The maximum atomic E-state index is 11.1. The van der Waals surface area contributed by atoms with Gasteiger partial charge in [0.2, 0.25) is 0 Å². The number of rotatable bonds is 6. The van der Waals surface area contributed by atoms with E-state index in [2.05, 4.69) is 15.9 Å². The first kappa shape index (κ1) is 15.4. The molecule has 0 aliphatic rings. The van der Waals surface area contributed by atoms with Gasteiger partial charge in [-0.05, 0) is 26.0 Å². The Balaban J connectivity index is 3.17. The summed E-state index contributed by atoms with van der Waals surface area (Å²) in [5.74, 6) is -0.925. The predicted molar refractivity (Wildman–Crippen MR) is 75.5 cm³/mol. The van der Waals surface area contributed by atoms with Crippen molar-refractivity contribution in [3.05, 3.63) is 32.8 Å². The highest BCUT2D eigenvalue weighted by Gasteiger charge is 2.23. The Labute approximate surface area is 119 Å². The Morgan fingerprint density at radius 1 is 1.58 bits per heavy atom. The highest BCUT2D eigenvalue weighted by molar-refractivity contribution is 9.10. The van der Waals surface area contributed by atoms with Crippen LogP contribution in [-0.2, 0) is 4.79 Å². The molecule has 104 valence electrons. The molecule has 0 radical (unpaired) electrons. The summed E-state index contributed by atoms with van der Waals surface area (Å²) in [6.45, 7) is 4.07. The fourth-order valence-electron chi connectivity index (χ4n) is 1.97. The maximum absolute atomic E-state index is 11.1. The fourth-order valence-corrected chi connectivity index (χ4v) is 2.32. The van der Waals surface area contributed by atoms with Gasteiger partial charge in [-0.15, -0.1) is 0 Å². The molecule has 0 amide bonds. The number of nitro benzene ring substituents is 1. The summed E-state index contributed by atoms with van der Waals surface area (Å²) in [4.78, 5) is 23.1. The molecule has 6 nitrogen and oxygen atoms in total. The Kier molecular flexibility index (Phi) is 5.29. The molecule has 0 aliphatic heterocycles. The molecular weight excluding hydrogens is 316 g/mol. The summed E-state index contributed by atoms with van der Waals surface area (Å²) in [6.07, 6.45) is -0.0684. The smallest absolute Gasteiger partial charge is 0.305 e. The number of nitrogens with zero attached hydrogens (tertiary/aromatic N) is 2. The second kappa shape index (κ2) is 6.51. The van der Waals surface area contributed by atoms with Crippen molar-refractivity contribution in [2.45, 2.75) is 26.3 Å². The predicted octanol–water partition coefficient (Wildman–Crippen LogP) is 3.05. The first-order valence-electron chi connectivity index (χ1n) is 5.79. The second-order valence-corrected chi connectivity index (χ2v) is 5.04. The van der Waals surface area contributed by atoms with Gasteiger partial charge >= 0.3 is 5.97 Å². The molecule has 1 aromatic carbocycles. The van der Waals surface area contributed by atoms with Gasteiger partial charge in [-0.25, -0.2) is 0 Å². The van der Waals surface area contributed by atoms with Crippen LogP contribution in [0.15, 0.2) is 22.7 Å². The average Bonchev–Trinajstić information content (AvgIpc) is 2.30. The maximum Gasteiger partial charge on any atom is 0.305 e. The van der Waals surface area contributed by atoms with E-state index in [0.717, 1.165) is 0 Å². The summed E-state index contributed by atoms with van der Waals surface area (Å²) >= 11 is 3.20. The third-order valence-corrected chi connectivity index (χ3v) is 3.28. The van der Waals surface area contributed by atoms with E-state index in [1.54, 1.807) is 24.0 Å². The highest BCUT2D eigenvalue weighted by Crippen LogP contribution is 2.32. The van der Waals surface area contributed by atoms with Crippen LogP contribution in [0.3, 0.4) is 0 Å². The van der Waals surface area contributed by atoms with E-state index in [1.165, 1.54) is 6.07 Å². The molecule has 0 spiro atoms. The van der Waals surface area contributed by atoms with Crippen molar-refractivity contribution in [1.29, 1.82) is 0 Å². The average molecular weight is 331 g/mol. The number of benzene rings is 1. The van der Waals surface area contributed by atoms with Gasteiger partial charge in [0.15, 0.2) is 0 Å². The van der Waals surface area contributed by atoms with Crippen molar-refractivity contribution in [3.8, 4) is 0 Å². The zero-order valence-corrected chi connectivity index (χ0v) is 12.3. The fraction of sp³-hybridized carbons (Fsp3) is 0.417. The van der Waals surface area contributed by atoms with Crippen molar-refractivity contribution in [3.63, 3.8) is 0 Å². The Morgan fingerprint density at radius 2 is 2.21 bits per heavy atom. The minimum absolute atomic E-state index is 0.0338. The second-order valence-electron chi connectivity index (χ2n) is 4.12. The van der Waals surface area contributed by atoms with Crippen LogP contribution in [0.2, 0.25) is 0 Å². The lowest BCUT2D eigenvalue weighted by Gasteiger charge is -2.28. The Hall–Kier alpha value is -1.63. The lowest BCUT2D eigenvalue weighted by atomic mass is 10.1. The minimum Gasteiger partial charge on any atom is -0.481 e. The van der Waals surface area contributed by atoms with Gasteiger partial charge in [0.05, 0.1) is 11.3 Å². The van der Waals surface area contributed by atoms with Crippen molar-refractivity contribution in [2.24, 2.45) is 0 Å². The van der Waals surface area contributed by atoms with E-state index in [0.29, 0.717) is 16.7 Å². The highest BCUT2D eigenvalue weighted by atomic mass is 79.9. The van der Waals surface area contributed by atoms with Gasteiger partial charge < -0.3 is 10.0 Å². The van der Waals surface area contributed by atoms with Gasteiger partial charge in [-0.1, -0.05) is 15.9 Å². The topological polar surface area (TPSA) is 83.7 Å². The number of halogens is 1. The van der Waals surface area contributed by atoms with Crippen LogP contribution in [0.25, 0.3) is 0 Å². The molecule has 1 N–H and O–H groups in total. The van der Waals surface area contributed by atoms with Gasteiger partial charge in [0.1, 0.15) is 5.69 Å². The number of carbonyl (C=O) groups is 1. The summed E-state index contributed by atoms with van der Waals surface area (Å²) < 4.78 is 0.616. The summed E-state index contributed by atoms with van der Waals surface area (Å²) in [5.41, 5.74) is 0.401.